The molecule has 1 unspecified atom stereocenters. The molecule has 1 heterocycles. The maximum Gasteiger partial charge on any atom is 0.0498 e. The lowest BCUT2D eigenvalue weighted by Gasteiger charge is -2.36. The van der Waals surface area contributed by atoms with E-state index in [4.69, 9.17) is 0 Å². The van der Waals surface area contributed by atoms with Crippen LogP contribution in [-0.4, -0.2) is 19.6 Å². The third kappa shape index (κ3) is 3.14. The smallest absolute Gasteiger partial charge is 0.0498 e. The maximum absolute atomic E-state index is 3.65. The highest BCUT2D eigenvalue weighted by atomic mass is 79.9. The number of hydrogen-bond donors (Lipinski definition) is 1. The third-order valence-electron chi connectivity index (χ3n) is 4.16. The van der Waals surface area contributed by atoms with Crippen LogP contribution in [-0.2, 0) is 0 Å². The number of aryl methyl sites for hydroxylation is 2. The molecule has 1 atom stereocenters. The molecule has 110 valence electrons. The molecule has 1 N–H and O–H groups in total. The van der Waals surface area contributed by atoms with Gasteiger partial charge in [-0.15, -0.1) is 0 Å². The van der Waals surface area contributed by atoms with Crippen LogP contribution in [0.2, 0.25) is 0 Å². The Morgan fingerprint density at radius 2 is 1.76 bits per heavy atom. The normalized spacial score (nSPS) is 18.8. The van der Waals surface area contributed by atoms with E-state index in [0.29, 0.717) is 6.04 Å². The van der Waals surface area contributed by atoms with Gasteiger partial charge >= 0.3 is 0 Å². The number of nitrogens with one attached hydrogen (secondary N) is 1. The zero-order valence-electron chi connectivity index (χ0n) is 12.6. The van der Waals surface area contributed by atoms with E-state index >= 15 is 0 Å². The molecule has 0 bridgehead atoms. The van der Waals surface area contributed by atoms with Gasteiger partial charge in [0.05, 0.1) is 0 Å². The molecule has 0 spiro atoms. The Morgan fingerprint density at radius 3 is 2.43 bits per heavy atom. The second kappa shape index (κ2) is 6.20. The van der Waals surface area contributed by atoms with E-state index in [1.54, 1.807) is 0 Å². The number of piperazine rings is 1. The van der Waals surface area contributed by atoms with E-state index in [0.717, 1.165) is 19.6 Å². The molecular formula is C18H21BrN2. The molecule has 0 aromatic heterocycles. The van der Waals surface area contributed by atoms with E-state index in [9.17, 15) is 0 Å². The number of anilines is 1. The SMILES string of the molecule is Cc1cc(N2CCNC(c3ccccc3)C2)cc(C)c1Br. The molecule has 1 saturated heterocycles. The first-order chi connectivity index (χ1) is 10.1. The fourth-order valence-electron chi connectivity index (χ4n) is 3.00. The lowest BCUT2D eigenvalue weighted by molar-refractivity contribution is 0.472. The van der Waals surface area contributed by atoms with Crippen molar-refractivity contribution in [3.63, 3.8) is 0 Å². The number of halogens is 1. The van der Waals surface area contributed by atoms with E-state index in [2.05, 4.69) is 82.5 Å². The van der Waals surface area contributed by atoms with Gasteiger partial charge in [0.1, 0.15) is 0 Å². The summed E-state index contributed by atoms with van der Waals surface area (Å²) in [4.78, 5) is 2.49. The first-order valence-electron chi connectivity index (χ1n) is 7.45. The minimum atomic E-state index is 0.407. The Morgan fingerprint density at radius 1 is 1.10 bits per heavy atom. The topological polar surface area (TPSA) is 15.3 Å². The van der Waals surface area contributed by atoms with E-state index in [1.165, 1.54) is 26.9 Å². The highest BCUT2D eigenvalue weighted by Crippen LogP contribution is 2.29. The molecule has 0 aliphatic carbocycles. The summed E-state index contributed by atoms with van der Waals surface area (Å²) in [6.07, 6.45) is 0. The summed E-state index contributed by atoms with van der Waals surface area (Å²) in [6.45, 7) is 7.43. The Hall–Kier alpha value is -1.32. The second-order valence-electron chi connectivity index (χ2n) is 5.76. The van der Waals surface area contributed by atoms with Crippen molar-refractivity contribution in [1.29, 1.82) is 0 Å². The van der Waals surface area contributed by atoms with Crippen LogP contribution in [0.15, 0.2) is 46.9 Å². The van der Waals surface area contributed by atoms with Crippen LogP contribution in [0, 0.1) is 13.8 Å². The molecule has 1 aliphatic heterocycles. The number of benzene rings is 2. The molecule has 1 aliphatic rings. The minimum absolute atomic E-state index is 0.407. The summed E-state index contributed by atoms with van der Waals surface area (Å²) in [7, 11) is 0. The van der Waals surface area contributed by atoms with Crippen molar-refractivity contribution in [1.82, 2.24) is 5.32 Å². The van der Waals surface area contributed by atoms with E-state index < -0.39 is 0 Å². The zero-order valence-corrected chi connectivity index (χ0v) is 14.2. The predicted octanol–water partition coefficient (Wildman–Crippen LogP) is 4.22. The van der Waals surface area contributed by atoms with E-state index in [-0.39, 0.29) is 0 Å². The molecule has 0 radical (unpaired) electrons. The lowest BCUT2D eigenvalue weighted by atomic mass is 10.0. The van der Waals surface area contributed by atoms with Gasteiger partial charge in [0, 0.05) is 35.8 Å². The first-order valence-corrected chi connectivity index (χ1v) is 8.24. The first kappa shape index (κ1) is 14.6. The summed E-state index contributed by atoms with van der Waals surface area (Å²) < 4.78 is 1.22. The van der Waals surface area contributed by atoms with Gasteiger partial charge in [-0.3, -0.25) is 0 Å². The Kier molecular flexibility index (Phi) is 4.32. The molecule has 0 amide bonds. The summed E-state index contributed by atoms with van der Waals surface area (Å²) >= 11 is 3.65. The Labute approximate surface area is 135 Å². The highest BCUT2D eigenvalue weighted by molar-refractivity contribution is 9.10. The fourth-order valence-corrected chi connectivity index (χ4v) is 3.23. The van der Waals surface area contributed by atoms with E-state index in [1.807, 2.05) is 0 Å². The van der Waals surface area contributed by atoms with Crippen molar-refractivity contribution in [3.8, 4) is 0 Å². The molecular weight excluding hydrogens is 324 g/mol. The molecule has 2 nitrogen and oxygen atoms in total. The predicted molar refractivity (Wildman–Crippen MR) is 93.0 cm³/mol. The number of nitrogens with zero attached hydrogens (tertiary/aromatic N) is 1. The molecule has 3 heteroatoms. The average molecular weight is 345 g/mol. The second-order valence-corrected chi connectivity index (χ2v) is 6.55. The molecule has 21 heavy (non-hydrogen) atoms. The monoisotopic (exact) mass is 344 g/mol. The molecule has 2 aromatic carbocycles. The summed E-state index contributed by atoms with van der Waals surface area (Å²) in [6, 6.07) is 15.7. The van der Waals surface area contributed by atoms with Gasteiger partial charge in [0.2, 0.25) is 0 Å². The number of rotatable bonds is 2. The Bertz CT molecular complexity index is 601. The van der Waals surface area contributed by atoms with Crippen LogP contribution < -0.4 is 10.2 Å². The van der Waals surface area contributed by atoms with Gasteiger partial charge in [-0.1, -0.05) is 46.3 Å². The van der Waals surface area contributed by atoms with Gasteiger partial charge in [0.15, 0.2) is 0 Å². The van der Waals surface area contributed by atoms with Crippen molar-refractivity contribution < 1.29 is 0 Å². The molecule has 0 saturated carbocycles. The molecule has 1 fully saturated rings. The van der Waals surface area contributed by atoms with Crippen LogP contribution in [0.5, 0.6) is 0 Å². The third-order valence-corrected chi connectivity index (χ3v) is 5.41. The molecule has 2 aromatic rings. The van der Waals surface area contributed by atoms with Crippen LogP contribution in [0.3, 0.4) is 0 Å². The highest BCUT2D eigenvalue weighted by Gasteiger charge is 2.21. The molecule has 3 rings (SSSR count). The lowest BCUT2D eigenvalue weighted by Crippen LogP contribution is -2.45. The quantitative estimate of drug-likeness (QED) is 0.877. The van der Waals surface area contributed by atoms with Crippen LogP contribution >= 0.6 is 15.9 Å². The Balaban J connectivity index is 1.83. The van der Waals surface area contributed by atoms with Crippen LogP contribution in [0.25, 0.3) is 0 Å². The zero-order chi connectivity index (χ0) is 14.8. The van der Waals surface area contributed by atoms with Crippen molar-refractivity contribution >= 4 is 21.6 Å². The van der Waals surface area contributed by atoms with Crippen molar-refractivity contribution in [3.05, 3.63) is 63.6 Å². The summed E-state index contributed by atoms with van der Waals surface area (Å²) in [5, 5.41) is 3.62. The van der Waals surface area contributed by atoms with Gasteiger partial charge in [-0.25, -0.2) is 0 Å². The standard InChI is InChI=1S/C18H21BrN2/c1-13-10-16(11-14(2)18(13)19)21-9-8-20-17(12-21)15-6-4-3-5-7-15/h3-7,10-11,17,20H,8-9,12H2,1-2H3. The maximum atomic E-state index is 3.65. The number of hydrogen-bond acceptors (Lipinski definition) is 2. The van der Waals surface area contributed by atoms with Gasteiger partial charge in [-0.05, 0) is 42.7 Å². The van der Waals surface area contributed by atoms with Crippen molar-refractivity contribution in [2.24, 2.45) is 0 Å². The van der Waals surface area contributed by atoms with Gasteiger partial charge in [0.25, 0.3) is 0 Å². The van der Waals surface area contributed by atoms with Gasteiger partial charge in [-0.2, -0.15) is 0 Å². The van der Waals surface area contributed by atoms with Crippen LogP contribution in [0.1, 0.15) is 22.7 Å². The summed E-state index contributed by atoms with van der Waals surface area (Å²) in [5.41, 5.74) is 5.31. The minimum Gasteiger partial charge on any atom is -0.368 e. The van der Waals surface area contributed by atoms with Crippen molar-refractivity contribution in [2.45, 2.75) is 19.9 Å². The summed E-state index contributed by atoms with van der Waals surface area (Å²) in [5.74, 6) is 0. The van der Waals surface area contributed by atoms with Gasteiger partial charge < -0.3 is 10.2 Å². The average Bonchev–Trinajstić information content (AvgIpc) is 2.53. The largest absolute Gasteiger partial charge is 0.368 e. The van der Waals surface area contributed by atoms with Crippen molar-refractivity contribution in [2.75, 3.05) is 24.5 Å². The van der Waals surface area contributed by atoms with Crippen LogP contribution in [0.4, 0.5) is 5.69 Å². The fraction of sp³-hybridized carbons (Fsp3) is 0.333.